The Labute approximate surface area is 189 Å². The van der Waals surface area contributed by atoms with Gasteiger partial charge in [0, 0.05) is 17.7 Å². The number of carbonyl (C=O) groups is 1. The van der Waals surface area contributed by atoms with E-state index in [4.69, 9.17) is 11.6 Å². The van der Waals surface area contributed by atoms with Gasteiger partial charge in [-0.15, -0.1) is 0 Å². The average Bonchev–Trinajstić information content (AvgIpc) is 2.81. The molecule has 0 saturated heterocycles. The van der Waals surface area contributed by atoms with Gasteiger partial charge in [0.15, 0.2) is 5.82 Å². The summed E-state index contributed by atoms with van der Waals surface area (Å²) >= 11 is 6.20. The summed E-state index contributed by atoms with van der Waals surface area (Å²) in [6, 6.07) is 12.0. The fourth-order valence-corrected chi connectivity index (χ4v) is 3.80. The van der Waals surface area contributed by atoms with Gasteiger partial charge in [-0.05, 0) is 48.9 Å². The average molecular weight is 453 g/mol. The first kappa shape index (κ1) is 21.5. The Morgan fingerprint density at radius 3 is 2.72 bits per heavy atom. The molecule has 1 amide bonds. The van der Waals surface area contributed by atoms with E-state index >= 15 is 0 Å². The summed E-state index contributed by atoms with van der Waals surface area (Å²) in [5.41, 5.74) is 3.22. The zero-order chi connectivity index (χ0) is 22.5. The normalized spacial score (nSPS) is 12.5. The zero-order valence-electron chi connectivity index (χ0n) is 17.1. The quantitative estimate of drug-likeness (QED) is 0.275. The third-order valence-electron chi connectivity index (χ3n) is 5.19. The summed E-state index contributed by atoms with van der Waals surface area (Å²) in [4.78, 5) is 31.7. The summed E-state index contributed by atoms with van der Waals surface area (Å²) < 4.78 is 0. The second kappa shape index (κ2) is 9.61. The minimum Gasteiger partial charge on any atom is -0.351 e. The molecule has 0 unspecified atom stereocenters. The Bertz CT molecular complexity index is 1160. The molecule has 3 aromatic rings. The number of hydrogen-bond donors (Lipinski definition) is 3. The summed E-state index contributed by atoms with van der Waals surface area (Å²) in [5, 5.41) is 20.4. The lowest BCUT2D eigenvalue weighted by Gasteiger charge is -2.20. The van der Waals surface area contributed by atoms with Crippen molar-refractivity contribution in [3.63, 3.8) is 0 Å². The molecule has 2 aromatic carbocycles. The van der Waals surface area contributed by atoms with Crippen molar-refractivity contribution >= 4 is 40.6 Å². The number of rotatable bonds is 7. The molecule has 0 radical (unpaired) electrons. The van der Waals surface area contributed by atoms with Crippen molar-refractivity contribution in [3.05, 3.63) is 80.5 Å². The summed E-state index contributed by atoms with van der Waals surface area (Å²) in [6.07, 6.45) is 5.10. The first-order valence-corrected chi connectivity index (χ1v) is 10.6. The number of nitro benzene ring substituents is 1. The van der Waals surface area contributed by atoms with Crippen LogP contribution in [0.15, 0.2) is 48.7 Å². The molecular formula is C22H21ClN6O3. The van der Waals surface area contributed by atoms with E-state index in [-0.39, 0.29) is 29.2 Å². The molecule has 1 aromatic heterocycles. The zero-order valence-corrected chi connectivity index (χ0v) is 17.9. The van der Waals surface area contributed by atoms with Crippen molar-refractivity contribution < 1.29 is 9.72 Å². The van der Waals surface area contributed by atoms with Crippen molar-refractivity contribution in [2.75, 3.05) is 17.3 Å². The molecule has 0 atom stereocenters. The Balaban J connectivity index is 1.49. The molecule has 0 spiro atoms. The molecule has 3 N–H and O–H groups in total. The molecule has 0 fully saturated rings. The van der Waals surface area contributed by atoms with E-state index < -0.39 is 4.92 Å². The number of fused-ring (bicyclic) bond motifs is 1. The van der Waals surface area contributed by atoms with Gasteiger partial charge in [0.05, 0.1) is 23.5 Å². The van der Waals surface area contributed by atoms with Crippen LogP contribution in [-0.2, 0) is 12.8 Å². The first-order chi connectivity index (χ1) is 15.5. The number of nitrogens with one attached hydrogen (secondary N) is 3. The molecule has 1 heterocycles. The second-order valence-electron chi connectivity index (χ2n) is 7.34. The van der Waals surface area contributed by atoms with E-state index in [1.54, 1.807) is 30.3 Å². The molecule has 10 heteroatoms. The highest BCUT2D eigenvalue weighted by Gasteiger charge is 2.20. The summed E-state index contributed by atoms with van der Waals surface area (Å²) in [6.45, 7) is 0.107. The first-order valence-electron chi connectivity index (χ1n) is 10.2. The predicted molar refractivity (Wildman–Crippen MR) is 122 cm³/mol. The highest BCUT2D eigenvalue weighted by atomic mass is 35.5. The topological polar surface area (TPSA) is 122 Å². The number of anilines is 3. The number of aryl methyl sites for hydroxylation is 1. The van der Waals surface area contributed by atoms with Crippen LogP contribution in [0, 0.1) is 10.1 Å². The smallest absolute Gasteiger partial charge is 0.271 e. The molecule has 1 aliphatic carbocycles. The highest BCUT2D eigenvalue weighted by molar-refractivity contribution is 6.32. The fourth-order valence-electron chi connectivity index (χ4n) is 3.64. The summed E-state index contributed by atoms with van der Waals surface area (Å²) in [5.74, 6) is 0.348. The van der Waals surface area contributed by atoms with Crippen molar-refractivity contribution in [2.45, 2.75) is 25.7 Å². The minimum absolute atomic E-state index is 0.0316. The van der Waals surface area contributed by atoms with Crippen molar-refractivity contribution in [3.8, 4) is 0 Å². The van der Waals surface area contributed by atoms with Crippen molar-refractivity contribution in [2.24, 2.45) is 0 Å². The van der Waals surface area contributed by atoms with Crippen LogP contribution < -0.4 is 16.0 Å². The molecular weight excluding hydrogens is 432 g/mol. The van der Waals surface area contributed by atoms with Gasteiger partial charge in [-0.3, -0.25) is 14.9 Å². The standard InChI is InChI=1S/C22H21ClN6O3/c23-18-12-24-22(28-20(18)25-13-26-21(30)14-6-2-1-3-7-14)27-19-11-16(29(31)32)10-15-8-4-5-9-17(15)19/h1-3,6-7,10-12H,4-5,8-9,13H2,(H,26,30)(H2,24,25,27,28). The van der Waals surface area contributed by atoms with E-state index in [0.29, 0.717) is 17.1 Å². The molecule has 0 aliphatic heterocycles. The molecule has 0 saturated carbocycles. The van der Waals surface area contributed by atoms with Crippen LogP contribution in [0.1, 0.15) is 34.3 Å². The number of benzene rings is 2. The number of aromatic nitrogens is 2. The SMILES string of the molecule is O=C(NCNc1nc(Nc2cc([N+](=O)[O-])cc3c2CCCC3)ncc1Cl)c1ccccc1. The molecule has 4 rings (SSSR count). The summed E-state index contributed by atoms with van der Waals surface area (Å²) in [7, 11) is 0. The van der Waals surface area contributed by atoms with Gasteiger partial charge in [0.1, 0.15) is 5.02 Å². The van der Waals surface area contributed by atoms with Gasteiger partial charge in [0.2, 0.25) is 5.95 Å². The Morgan fingerprint density at radius 1 is 1.16 bits per heavy atom. The molecule has 32 heavy (non-hydrogen) atoms. The third kappa shape index (κ3) is 4.94. The van der Waals surface area contributed by atoms with Gasteiger partial charge < -0.3 is 16.0 Å². The number of nitro groups is 1. The lowest BCUT2D eigenvalue weighted by atomic mass is 9.90. The number of halogens is 1. The van der Waals surface area contributed by atoms with E-state index in [0.717, 1.165) is 36.8 Å². The number of amides is 1. The van der Waals surface area contributed by atoms with Crippen LogP contribution in [0.2, 0.25) is 5.02 Å². The Kier molecular flexibility index (Phi) is 6.46. The maximum Gasteiger partial charge on any atom is 0.271 e. The largest absolute Gasteiger partial charge is 0.351 e. The van der Waals surface area contributed by atoms with Gasteiger partial charge in [-0.1, -0.05) is 29.8 Å². The van der Waals surface area contributed by atoms with Crippen LogP contribution in [0.3, 0.4) is 0 Å². The second-order valence-corrected chi connectivity index (χ2v) is 7.74. The predicted octanol–water partition coefficient (Wildman–Crippen LogP) is 4.46. The maximum atomic E-state index is 12.2. The third-order valence-corrected chi connectivity index (χ3v) is 5.47. The van der Waals surface area contributed by atoms with E-state index in [2.05, 4.69) is 25.9 Å². The monoisotopic (exact) mass is 452 g/mol. The Hall–Kier alpha value is -3.72. The van der Waals surface area contributed by atoms with Crippen LogP contribution in [0.5, 0.6) is 0 Å². The maximum absolute atomic E-state index is 12.2. The van der Waals surface area contributed by atoms with Crippen LogP contribution in [0.4, 0.5) is 23.1 Å². The van der Waals surface area contributed by atoms with Gasteiger partial charge >= 0.3 is 0 Å². The molecule has 164 valence electrons. The molecule has 9 nitrogen and oxygen atoms in total. The van der Waals surface area contributed by atoms with Crippen LogP contribution in [0.25, 0.3) is 0 Å². The van der Waals surface area contributed by atoms with Crippen molar-refractivity contribution in [1.29, 1.82) is 0 Å². The number of non-ortho nitro benzene ring substituents is 1. The molecule has 1 aliphatic rings. The fraction of sp³-hybridized carbons (Fsp3) is 0.227. The van der Waals surface area contributed by atoms with Gasteiger partial charge in [-0.25, -0.2) is 4.98 Å². The number of hydrogen-bond acceptors (Lipinski definition) is 7. The number of nitrogens with zero attached hydrogens (tertiary/aromatic N) is 3. The van der Waals surface area contributed by atoms with E-state index in [9.17, 15) is 14.9 Å². The van der Waals surface area contributed by atoms with Crippen LogP contribution >= 0.6 is 11.6 Å². The lowest BCUT2D eigenvalue weighted by molar-refractivity contribution is -0.384. The highest BCUT2D eigenvalue weighted by Crippen LogP contribution is 2.34. The van der Waals surface area contributed by atoms with Crippen molar-refractivity contribution in [1.82, 2.24) is 15.3 Å². The minimum atomic E-state index is -0.398. The van der Waals surface area contributed by atoms with E-state index in [1.807, 2.05) is 6.07 Å². The Morgan fingerprint density at radius 2 is 1.94 bits per heavy atom. The van der Waals surface area contributed by atoms with Gasteiger partial charge in [0.25, 0.3) is 11.6 Å². The molecule has 0 bridgehead atoms. The lowest BCUT2D eigenvalue weighted by Crippen LogP contribution is -2.29. The van der Waals surface area contributed by atoms with Gasteiger partial charge in [-0.2, -0.15) is 4.98 Å². The van der Waals surface area contributed by atoms with Crippen LogP contribution in [-0.4, -0.2) is 27.5 Å². The van der Waals surface area contributed by atoms with E-state index in [1.165, 1.54) is 12.3 Å². The number of carbonyl (C=O) groups excluding carboxylic acids is 1.